The van der Waals surface area contributed by atoms with Gasteiger partial charge in [-0.25, -0.2) is 14.6 Å². The first-order valence-corrected chi connectivity index (χ1v) is 12.4. The van der Waals surface area contributed by atoms with Gasteiger partial charge in [-0.3, -0.25) is 9.59 Å². The van der Waals surface area contributed by atoms with E-state index in [2.05, 4.69) is 10.3 Å². The molecule has 0 spiro atoms. The Morgan fingerprint density at radius 2 is 1.64 bits per heavy atom. The number of carbonyl (C=O) groups is 4. The second-order valence-electron chi connectivity index (χ2n) is 9.63. The van der Waals surface area contributed by atoms with Crippen LogP contribution >= 0.6 is 0 Å². The highest BCUT2D eigenvalue weighted by molar-refractivity contribution is 5.99. The number of ether oxygens (including phenoxy) is 4. The van der Waals surface area contributed by atoms with Gasteiger partial charge in [0.15, 0.2) is 6.61 Å². The van der Waals surface area contributed by atoms with Crippen LogP contribution in [0.25, 0.3) is 10.9 Å². The summed E-state index contributed by atoms with van der Waals surface area (Å²) in [4.78, 5) is 54.2. The average molecular weight is 537 g/mol. The van der Waals surface area contributed by atoms with Crippen molar-refractivity contribution in [1.82, 2.24) is 10.3 Å². The second kappa shape index (κ2) is 13.4. The Morgan fingerprint density at radius 1 is 0.949 bits per heavy atom. The van der Waals surface area contributed by atoms with E-state index in [1.807, 2.05) is 30.3 Å². The van der Waals surface area contributed by atoms with Crippen LogP contribution in [0.4, 0.5) is 0 Å². The topological polar surface area (TPSA) is 130 Å². The lowest BCUT2D eigenvalue weighted by Crippen LogP contribution is -2.42. The highest BCUT2D eigenvalue weighted by Gasteiger charge is 2.26. The van der Waals surface area contributed by atoms with Crippen molar-refractivity contribution in [2.75, 3.05) is 13.7 Å². The quantitative estimate of drug-likeness (QED) is 0.288. The number of hydrogen-bond donors (Lipinski definition) is 1. The molecule has 2 aromatic carbocycles. The van der Waals surface area contributed by atoms with Gasteiger partial charge in [0.2, 0.25) is 0 Å². The summed E-state index contributed by atoms with van der Waals surface area (Å²) in [6.07, 6.45) is -0.139. The number of aromatic nitrogens is 1. The van der Waals surface area contributed by atoms with Crippen LogP contribution < -0.4 is 10.1 Å². The monoisotopic (exact) mass is 536 g/mol. The molecular formula is C29H32N2O8. The van der Waals surface area contributed by atoms with Crippen molar-refractivity contribution < 1.29 is 38.1 Å². The number of fused-ring (bicyclic) bond motifs is 1. The summed E-state index contributed by atoms with van der Waals surface area (Å²) in [6, 6.07) is 16.4. The van der Waals surface area contributed by atoms with E-state index in [4.69, 9.17) is 18.9 Å². The van der Waals surface area contributed by atoms with Crippen molar-refractivity contribution in [3.05, 3.63) is 71.9 Å². The minimum atomic E-state index is -1.11. The third-order valence-corrected chi connectivity index (χ3v) is 5.35. The molecule has 0 saturated carbocycles. The number of hydrogen-bond acceptors (Lipinski definition) is 9. The molecule has 1 N–H and O–H groups in total. The minimum absolute atomic E-state index is 0.0302. The van der Waals surface area contributed by atoms with Gasteiger partial charge in [-0.1, -0.05) is 42.5 Å². The van der Waals surface area contributed by atoms with Crippen LogP contribution in [-0.2, 0) is 35.2 Å². The zero-order valence-electron chi connectivity index (χ0n) is 22.4. The van der Waals surface area contributed by atoms with Crippen LogP contribution in [0.3, 0.4) is 0 Å². The first-order valence-electron chi connectivity index (χ1n) is 12.4. The van der Waals surface area contributed by atoms with Crippen molar-refractivity contribution in [3.63, 3.8) is 0 Å². The molecule has 1 aromatic heterocycles. The number of methoxy groups -OCH3 is 1. The van der Waals surface area contributed by atoms with Crippen LogP contribution in [0.15, 0.2) is 60.7 Å². The summed E-state index contributed by atoms with van der Waals surface area (Å²) in [5.41, 5.74) is 0.556. The molecule has 3 rings (SSSR count). The molecule has 0 fully saturated rings. The predicted molar refractivity (Wildman–Crippen MR) is 142 cm³/mol. The summed E-state index contributed by atoms with van der Waals surface area (Å²) in [7, 11) is 1.19. The lowest BCUT2D eigenvalue weighted by Gasteiger charge is -2.21. The van der Waals surface area contributed by atoms with Crippen LogP contribution in [0.5, 0.6) is 5.75 Å². The van der Waals surface area contributed by atoms with Crippen molar-refractivity contribution >= 4 is 34.7 Å². The van der Waals surface area contributed by atoms with Gasteiger partial charge in [0.05, 0.1) is 12.6 Å². The molecule has 1 atom stereocenters. The van der Waals surface area contributed by atoms with E-state index >= 15 is 0 Å². The SMILES string of the molecule is COC(=O)[C@H](CCC(=O)OC(C)(C)C)NC(=O)c1cc(OCC(=O)OCc2ccccc2)c2ccccc2n1. The number of nitrogens with one attached hydrogen (secondary N) is 1. The highest BCUT2D eigenvalue weighted by Crippen LogP contribution is 2.26. The number of para-hydroxylation sites is 1. The van der Waals surface area contributed by atoms with Crippen LogP contribution in [0, 0.1) is 0 Å². The van der Waals surface area contributed by atoms with E-state index in [-0.39, 0.29) is 37.5 Å². The van der Waals surface area contributed by atoms with Gasteiger partial charge >= 0.3 is 17.9 Å². The lowest BCUT2D eigenvalue weighted by molar-refractivity contribution is -0.155. The fraction of sp³-hybridized carbons (Fsp3) is 0.345. The van der Waals surface area contributed by atoms with Crippen molar-refractivity contribution in [1.29, 1.82) is 0 Å². The van der Waals surface area contributed by atoms with Gasteiger partial charge in [-0.15, -0.1) is 0 Å². The Kier molecular flexibility index (Phi) is 9.97. The van der Waals surface area contributed by atoms with Gasteiger partial charge in [-0.2, -0.15) is 0 Å². The zero-order chi connectivity index (χ0) is 28.4. The molecule has 0 unspecified atom stereocenters. The largest absolute Gasteiger partial charge is 0.481 e. The molecule has 0 aliphatic rings. The van der Waals surface area contributed by atoms with E-state index in [1.165, 1.54) is 13.2 Å². The summed E-state index contributed by atoms with van der Waals surface area (Å²) < 4.78 is 21.0. The maximum atomic E-state index is 13.1. The molecule has 3 aromatic rings. The highest BCUT2D eigenvalue weighted by atomic mass is 16.6. The molecule has 1 amide bonds. The summed E-state index contributed by atoms with van der Waals surface area (Å²) in [5.74, 6) is -2.25. The lowest BCUT2D eigenvalue weighted by atomic mass is 10.1. The number of pyridine rings is 1. The molecule has 0 aliphatic carbocycles. The number of amides is 1. The van der Waals surface area contributed by atoms with E-state index in [9.17, 15) is 19.2 Å². The molecule has 0 radical (unpaired) electrons. The van der Waals surface area contributed by atoms with E-state index in [1.54, 1.807) is 45.0 Å². The van der Waals surface area contributed by atoms with Crippen molar-refractivity contribution in [2.45, 2.75) is 51.9 Å². The molecule has 39 heavy (non-hydrogen) atoms. The molecule has 206 valence electrons. The standard InChI is InChI=1S/C29H32N2O8/c1-29(2,3)39-25(32)15-14-22(28(35)36-4)31-27(34)23-16-24(20-12-8-9-13-21(20)30-23)37-18-26(33)38-17-19-10-6-5-7-11-19/h5-13,16,22H,14-15,17-18H2,1-4H3,(H,31,34)/t22-/m0/s1. The van der Waals surface area contributed by atoms with E-state index < -0.39 is 35.5 Å². The van der Waals surface area contributed by atoms with E-state index in [0.717, 1.165) is 5.56 Å². The molecule has 10 nitrogen and oxygen atoms in total. The smallest absolute Gasteiger partial charge is 0.344 e. The number of nitrogens with zero attached hydrogens (tertiary/aromatic N) is 1. The van der Waals surface area contributed by atoms with Gasteiger partial charge < -0.3 is 24.3 Å². The number of esters is 3. The summed E-state index contributed by atoms with van der Waals surface area (Å²) >= 11 is 0. The molecule has 10 heteroatoms. The number of carbonyl (C=O) groups excluding carboxylic acids is 4. The fourth-order valence-corrected chi connectivity index (χ4v) is 3.57. The number of rotatable bonds is 11. The Balaban J connectivity index is 1.71. The zero-order valence-corrected chi connectivity index (χ0v) is 22.4. The van der Waals surface area contributed by atoms with Crippen LogP contribution in [-0.4, -0.2) is 54.2 Å². The molecular weight excluding hydrogens is 504 g/mol. The summed E-state index contributed by atoms with van der Waals surface area (Å²) in [6.45, 7) is 4.92. The maximum Gasteiger partial charge on any atom is 0.344 e. The molecule has 0 bridgehead atoms. The predicted octanol–water partition coefficient (Wildman–Crippen LogP) is 3.75. The van der Waals surface area contributed by atoms with Crippen molar-refractivity contribution in [3.8, 4) is 5.75 Å². The maximum absolute atomic E-state index is 13.1. The van der Waals surface area contributed by atoms with Gasteiger partial charge in [0, 0.05) is 17.9 Å². The summed E-state index contributed by atoms with van der Waals surface area (Å²) in [5, 5.41) is 3.15. The minimum Gasteiger partial charge on any atom is -0.481 e. The molecule has 0 saturated heterocycles. The first kappa shape index (κ1) is 29.1. The third-order valence-electron chi connectivity index (χ3n) is 5.35. The Morgan fingerprint density at radius 3 is 2.33 bits per heavy atom. The first-order chi connectivity index (χ1) is 18.6. The average Bonchev–Trinajstić information content (AvgIpc) is 2.91. The van der Waals surface area contributed by atoms with Crippen molar-refractivity contribution in [2.24, 2.45) is 0 Å². The van der Waals surface area contributed by atoms with Crippen LogP contribution in [0.1, 0.15) is 49.7 Å². The Labute approximate surface area is 226 Å². The number of benzene rings is 2. The van der Waals surface area contributed by atoms with Gasteiger partial charge in [0.1, 0.15) is 29.7 Å². The Bertz CT molecular complexity index is 1320. The van der Waals surface area contributed by atoms with Crippen LogP contribution in [0.2, 0.25) is 0 Å². The van der Waals surface area contributed by atoms with E-state index in [0.29, 0.717) is 10.9 Å². The van der Waals surface area contributed by atoms with Gasteiger partial charge in [-0.05, 0) is 44.9 Å². The molecule has 0 aliphatic heterocycles. The fourth-order valence-electron chi connectivity index (χ4n) is 3.57. The third kappa shape index (κ3) is 9.10. The van der Waals surface area contributed by atoms with Gasteiger partial charge in [0.25, 0.3) is 5.91 Å². The second-order valence-corrected chi connectivity index (χ2v) is 9.63. The molecule has 1 heterocycles. The normalized spacial score (nSPS) is 11.8. The Hall–Kier alpha value is -4.47.